The molecule has 0 spiro atoms. The Bertz CT molecular complexity index is 523. The molecular weight excluding hydrogens is 242 g/mol. The number of hydrazine groups is 1. The predicted molar refractivity (Wildman–Crippen MR) is 74.2 cm³/mol. The highest BCUT2D eigenvalue weighted by Crippen LogP contribution is 2.54. The molecule has 94 valence electrons. The summed E-state index contributed by atoms with van der Waals surface area (Å²) in [5, 5.41) is 0. The Morgan fingerprint density at radius 1 is 1.39 bits per heavy atom. The number of aromatic nitrogens is 1. The third-order valence-corrected chi connectivity index (χ3v) is 4.75. The van der Waals surface area contributed by atoms with Crippen molar-refractivity contribution >= 4 is 11.3 Å². The fourth-order valence-corrected chi connectivity index (χ4v) is 3.61. The van der Waals surface area contributed by atoms with Crippen LogP contribution in [0.5, 0.6) is 0 Å². The lowest BCUT2D eigenvalue weighted by Crippen LogP contribution is -2.29. The number of nitrogens with one attached hydrogen (secondary N) is 1. The van der Waals surface area contributed by atoms with Gasteiger partial charge in [-0.15, -0.1) is 11.3 Å². The van der Waals surface area contributed by atoms with Crippen molar-refractivity contribution < 1.29 is 0 Å². The first kappa shape index (κ1) is 11.8. The van der Waals surface area contributed by atoms with Crippen LogP contribution in [0, 0.1) is 12.8 Å². The second-order valence-corrected chi connectivity index (χ2v) is 5.75. The van der Waals surface area contributed by atoms with E-state index in [9.17, 15) is 0 Å². The van der Waals surface area contributed by atoms with Crippen LogP contribution in [0.4, 0.5) is 0 Å². The van der Waals surface area contributed by atoms with Crippen molar-refractivity contribution in [3.63, 3.8) is 0 Å². The van der Waals surface area contributed by atoms with Crippen molar-refractivity contribution in [3.05, 3.63) is 52.0 Å². The van der Waals surface area contributed by atoms with E-state index in [2.05, 4.69) is 47.7 Å². The maximum atomic E-state index is 5.74. The van der Waals surface area contributed by atoms with Crippen LogP contribution in [0.2, 0.25) is 0 Å². The molecule has 0 bridgehead atoms. The van der Waals surface area contributed by atoms with Gasteiger partial charge in [0.1, 0.15) is 0 Å². The van der Waals surface area contributed by atoms with Gasteiger partial charge >= 0.3 is 0 Å². The Labute approximate surface area is 111 Å². The molecule has 1 saturated carbocycles. The van der Waals surface area contributed by atoms with Crippen LogP contribution in [0.15, 0.2) is 35.8 Å². The fourth-order valence-electron chi connectivity index (χ4n) is 2.67. The molecule has 1 aliphatic rings. The number of rotatable bonds is 4. The molecule has 18 heavy (non-hydrogen) atoms. The first-order valence-electron chi connectivity index (χ1n) is 6.22. The van der Waals surface area contributed by atoms with Crippen molar-refractivity contribution in [2.75, 3.05) is 0 Å². The summed E-state index contributed by atoms with van der Waals surface area (Å²) in [6.45, 7) is 2.05. The maximum absolute atomic E-state index is 5.74. The Morgan fingerprint density at radius 3 is 2.78 bits per heavy atom. The summed E-state index contributed by atoms with van der Waals surface area (Å²) in [6, 6.07) is 10.9. The van der Waals surface area contributed by atoms with Gasteiger partial charge in [-0.1, -0.05) is 30.3 Å². The summed E-state index contributed by atoms with van der Waals surface area (Å²) in [6.07, 6.45) is 1.20. The van der Waals surface area contributed by atoms with Crippen LogP contribution in [0.25, 0.3) is 0 Å². The van der Waals surface area contributed by atoms with Gasteiger partial charge in [-0.25, -0.2) is 4.98 Å². The number of aryl methyl sites for hydroxylation is 1. The molecule has 3 rings (SSSR count). The molecule has 0 radical (unpaired) electrons. The first-order valence-corrected chi connectivity index (χ1v) is 7.10. The van der Waals surface area contributed by atoms with Crippen LogP contribution in [-0.4, -0.2) is 4.98 Å². The van der Waals surface area contributed by atoms with Crippen LogP contribution in [-0.2, 0) is 0 Å². The van der Waals surface area contributed by atoms with E-state index in [1.165, 1.54) is 16.9 Å². The predicted octanol–water partition coefficient (Wildman–Crippen LogP) is 2.76. The maximum Gasteiger partial charge on any atom is 0.0798 e. The van der Waals surface area contributed by atoms with Crippen LogP contribution >= 0.6 is 11.3 Å². The Balaban J connectivity index is 1.79. The summed E-state index contributed by atoms with van der Waals surface area (Å²) in [5.74, 6) is 6.97. The molecule has 0 saturated heterocycles. The molecule has 3 N–H and O–H groups in total. The smallest absolute Gasteiger partial charge is 0.0798 e. The van der Waals surface area contributed by atoms with Gasteiger partial charge in [0.15, 0.2) is 0 Å². The number of hydrogen-bond acceptors (Lipinski definition) is 4. The largest absolute Gasteiger partial charge is 0.271 e. The zero-order valence-electron chi connectivity index (χ0n) is 10.3. The first-order chi connectivity index (χ1) is 8.81. The highest BCUT2D eigenvalue weighted by atomic mass is 32.1. The minimum absolute atomic E-state index is 0.239. The zero-order chi connectivity index (χ0) is 12.5. The molecule has 1 heterocycles. The lowest BCUT2D eigenvalue weighted by Gasteiger charge is -2.15. The molecular formula is C14H17N3S. The molecule has 1 aromatic heterocycles. The van der Waals surface area contributed by atoms with E-state index in [0.717, 1.165) is 5.69 Å². The van der Waals surface area contributed by atoms with Gasteiger partial charge < -0.3 is 0 Å². The fraction of sp³-hybridized carbons (Fsp3) is 0.357. The minimum Gasteiger partial charge on any atom is -0.271 e. The van der Waals surface area contributed by atoms with Crippen molar-refractivity contribution in [1.29, 1.82) is 0 Å². The van der Waals surface area contributed by atoms with Gasteiger partial charge in [-0.3, -0.25) is 11.3 Å². The Hall–Kier alpha value is -1.23. The van der Waals surface area contributed by atoms with E-state index in [-0.39, 0.29) is 6.04 Å². The second-order valence-electron chi connectivity index (χ2n) is 4.86. The summed E-state index contributed by atoms with van der Waals surface area (Å²) < 4.78 is 0. The number of nitrogens with two attached hydrogens (primary N) is 1. The molecule has 1 aromatic carbocycles. The molecule has 0 aliphatic heterocycles. The van der Waals surface area contributed by atoms with E-state index in [0.29, 0.717) is 11.8 Å². The summed E-state index contributed by atoms with van der Waals surface area (Å²) in [7, 11) is 0. The lowest BCUT2D eigenvalue weighted by atomic mass is 10.0. The van der Waals surface area contributed by atoms with Gasteiger partial charge in [-0.2, -0.15) is 0 Å². The van der Waals surface area contributed by atoms with Crippen molar-refractivity contribution in [2.45, 2.75) is 25.3 Å². The molecule has 1 aliphatic carbocycles. The van der Waals surface area contributed by atoms with Gasteiger partial charge in [0.05, 0.1) is 17.2 Å². The van der Waals surface area contributed by atoms with E-state index < -0.39 is 0 Å². The van der Waals surface area contributed by atoms with Crippen molar-refractivity contribution in [2.24, 2.45) is 11.8 Å². The van der Waals surface area contributed by atoms with Gasteiger partial charge in [-0.05, 0) is 30.7 Å². The molecule has 3 nitrogen and oxygen atoms in total. The topological polar surface area (TPSA) is 50.9 Å². The molecule has 3 unspecified atom stereocenters. The number of thiazole rings is 1. The standard InChI is InChI=1S/C14H17N3S/c1-9-14(18-8-16-9)13(17-15)12-7-11(12)10-5-3-2-4-6-10/h2-6,8,11-13,17H,7,15H2,1H3. The molecule has 3 atom stereocenters. The molecule has 4 heteroatoms. The lowest BCUT2D eigenvalue weighted by molar-refractivity contribution is 0.492. The summed E-state index contributed by atoms with van der Waals surface area (Å²) >= 11 is 1.69. The third kappa shape index (κ3) is 2.07. The SMILES string of the molecule is Cc1ncsc1C(NN)C1CC1c1ccccc1. The van der Waals surface area contributed by atoms with Gasteiger partial charge in [0.2, 0.25) is 0 Å². The minimum atomic E-state index is 0.239. The molecule has 2 aromatic rings. The highest BCUT2D eigenvalue weighted by molar-refractivity contribution is 7.09. The van der Waals surface area contributed by atoms with Crippen LogP contribution < -0.4 is 11.3 Å². The average molecular weight is 259 g/mol. The highest BCUT2D eigenvalue weighted by Gasteiger charge is 2.44. The summed E-state index contributed by atoms with van der Waals surface area (Å²) in [5.41, 5.74) is 7.40. The molecule has 1 fully saturated rings. The average Bonchev–Trinajstić information content (AvgIpc) is 3.08. The third-order valence-electron chi connectivity index (χ3n) is 3.74. The number of hydrogen-bond donors (Lipinski definition) is 2. The monoisotopic (exact) mass is 259 g/mol. The number of benzene rings is 1. The van der Waals surface area contributed by atoms with Gasteiger partial charge in [0.25, 0.3) is 0 Å². The van der Waals surface area contributed by atoms with Crippen molar-refractivity contribution in [3.8, 4) is 0 Å². The van der Waals surface area contributed by atoms with E-state index in [4.69, 9.17) is 5.84 Å². The van der Waals surface area contributed by atoms with Crippen LogP contribution in [0.3, 0.4) is 0 Å². The zero-order valence-corrected chi connectivity index (χ0v) is 11.2. The second kappa shape index (κ2) is 4.80. The van der Waals surface area contributed by atoms with E-state index >= 15 is 0 Å². The molecule has 0 amide bonds. The quantitative estimate of drug-likeness (QED) is 0.655. The van der Waals surface area contributed by atoms with E-state index in [1.54, 1.807) is 11.3 Å². The Morgan fingerprint density at radius 2 is 2.17 bits per heavy atom. The van der Waals surface area contributed by atoms with E-state index in [1.807, 2.05) is 5.51 Å². The normalized spacial score (nSPS) is 23.9. The van der Waals surface area contributed by atoms with Crippen molar-refractivity contribution in [1.82, 2.24) is 10.4 Å². The summed E-state index contributed by atoms with van der Waals surface area (Å²) in [4.78, 5) is 5.60. The van der Waals surface area contributed by atoms with Crippen LogP contribution in [0.1, 0.15) is 34.5 Å². The van der Waals surface area contributed by atoms with Gasteiger partial charge in [0, 0.05) is 4.88 Å². The Kier molecular flexibility index (Phi) is 3.16. The number of nitrogens with zero attached hydrogens (tertiary/aromatic N) is 1.